The highest BCUT2D eigenvalue weighted by atomic mass is 16.5. The topological polar surface area (TPSA) is 74.6 Å². The number of esters is 2. The van der Waals surface area contributed by atoms with Crippen LogP contribution in [0.1, 0.15) is 18.1 Å². The van der Waals surface area contributed by atoms with Crippen molar-refractivity contribution in [1.29, 1.82) is 0 Å². The number of anilines is 6. The Morgan fingerprint density at radius 2 is 0.628 bits per heavy atom. The summed E-state index contributed by atoms with van der Waals surface area (Å²) >= 11 is 0. The number of carbonyl (C=O) groups excluding carboxylic acids is 2. The van der Waals surface area contributed by atoms with Gasteiger partial charge in [0.1, 0.15) is 14.1 Å². The second kappa shape index (κ2) is 24.1. The fraction of sp³-hybridized carbons (Fsp3) is 0.0882. The number of benzene rings is 6. The summed E-state index contributed by atoms with van der Waals surface area (Å²) in [6.45, 7) is 2.79. The van der Waals surface area contributed by atoms with Crippen LogP contribution in [-0.4, -0.2) is 25.7 Å². The fourth-order valence-corrected chi connectivity index (χ4v) is 9.23. The van der Waals surface area contributed by atoms with Gasteiger partial charge in [0.15, 0.2) is 49.6 Å². The van der Waals surface area contributed by atoms with Crippen LogP contribution < -0.4 is 28.1 Å². The van der Waals surface area contributed by atoms with Gasteiger partial charge in [-0.25, -0.2) is 18.7 Å². The number of nitrogens with zero attached hydrogens (tertiary/aromatic N) is 6. The Morgan fingerprint density at radius 3 is 0.910 bits per heavy atom. The molecular formula is C68H60N6O4+4. The van der Waals surface area contributed by atoms with Gasteiger partial charge in [0.25, 0.3) is 0 Å². The van der Waals surface area contributed by atoms with Crippen molar-refractivity contribution >= 4 is 58.2 Å². The first-order valence-electron chi connectivity index (χ1n) is 25.9. The maximum atomic E-state index is 12.0. The Labute approximate surface area is 456 Å². The molecule has 4 aromatic heterocycles. The van der Waals surface area contributed by atoms with Crippen molar-refractivity contribution in [3.05, 3.63) is 267 Å². The number of hydrogen-bond acceptors (Lipinski definition) is 6. The van der Waals surface area contributed by atoms with E-state index in [9.17, 15) is 9.59 Å². The summed E-state index contributed by atoms with van der Waals surface area (Å²) in [7, 11) is 5.41. The molecule has 0 spiro atoms. The van der Waals surface area contributed by atoms with Gasteiger partial charge in [0.2, 0.25) is 0 Å². The number of methoxy groups -OCH3 is 1. The summed E-state index contributed by atoms with van der Waals surface area (Å²) < 4.78 is 18.3. The van der Waals surface area contributed by atoms with Gasteiger partial charge in [0.05, 0.1) is 13.7 Å². The third-order valence-electron chi connectivity index (χ3n) is 13.5. The summed E-state index contributed by atoms with van der Waals surface area (Å²) in [5.74, 6) is -0.751. The molecule has 10 rings (SSSR count). The molecule has 0 N–H and O–H groups in total. The van der Waals surface area contributed by atoms with Crippen molar-refractivity contribution in [1.82, 2.24) is 0 Å². The summed E-state index contributed by atoms with van der Waals surface area (Å²) in [5, 5.41) is 0. The monoisotopic (exact) mass is 1020 g/mol. The first-order valence-corrected chi connectivity index (χ1v) is 25.9. The molecule has 6 aromatic carbocycles. The van der Waals surface area contributed by atoms with Gasteiger partial charge in [-0.1, -0.05) is 72.8 Å². The molecule has 0 saturated heterocycles. The molecule has 10 aromatic rings. The Balaban J connectivity index is 0.829. The lowest BCUT2D eigenvalue weighted by atomic mass is 10.0. The summed E-state index contributed by atoms with van der Waals surface area (Å²) in [5.41, 5.74) is 16.9. The molecule has 0 aliphatic heterocycles. The van der Waals surface area contributed by atoms with Gasteiger partial charge in [-0.05, 0) is 148 Å². The van der Waals surface area contributed by atoms with Crippen LogP contribution in [0.25, 0.3) is 56.7 Å². The van der Waals surface area contributed by atoms with E-state index in [4.69, 9.17) is 9.47 Å². The van der Waals surface area contributed by atoms with Crippen molar-refractivity contribution in [2.75, 3.05) is 23.5 Å². The zero-order valence-electron chi connectivity index (χ0n) is 44.1. The second-order valence-electron chi connectivity index (χ2n) is 18.8. The van der Waals surface area contributed by atoms with Gasteiger partial charge in [-0.15, -0.1) is 9.13 Å². The van der Waals surface area contributed by atoms with Crippen LogP contribution in [0.5, 0.6) is 0 Å². The van der Waals surface area contributed by atoms with E-state index in [1.165, 1.54) is 19.3 Å². The van der Waals surface area contributed by atoms with Crippen molar-refractivity contribution < 1.29 is 37.3 Å². The third-order valence-corrected chi connectivity index (χ3v) is 13.5. The van der Waals surface area contributed by atoms with Crippen LogP contribution in [-0.2, 0) is 39.8 Å². The molecule has 0 bridgehead atoms. The molecule has 0 fully saturated rings. The SMILES string of the molecule is CCOC(=O)/C=C/c1ccc(N(c2ccc(-c3cc[n+](C)cc3)cc2)c2ccc(-c3cc[n+](C[n+]4ccc(-c5ccc(N(c6ccc(/C=C/C(=O)OC)cc6)c6ccc(-c7cc[n+](C)cc7)cc6)cc5)cc4)cc3)cc2)cc1. The number of ether oxygens (including phenoxy) is 2. The molecule has 0 saturated carbocycles. The normalized spacial score (nSPS) is 11.2. The standard InChI is InChI=1S/C68H60N6O4/c1-5-78-68(76)33-11-52-8-22-62(23-9-52)74(64-26-14-54(15-27-64)58-36-44-70(3)45-37-58)66-30-18-56(19-31-66)60-40-48-72(49-41-60)50-71-46-38-59(39-47-71)55-16-28-65(29-17-55)73(61-20-6-51(7-21-61)10-32-67(75)77-4)63-24-12-53(13-25-63)57-34-42-69(2)43-35-57/h6-49H,5,50H2,1-4H3/q+4/b32-10+,33-11+. The van der Waals surface area contributed by atoms with Crippen LogP contribution in [0.4, 0.5) is 34.1 Å². The lowest BCUT2D eigenvalue weighted by Gasteiger charge is -2.26. The number of carbonyl (C=O) groups is 2. The van der Waals surface area contributed by atoms with E-state index in [0.29, 0.717) is 13.3 Å². The molecule has 0 aliphatic carbocycles. The average molecular weight is 1030 g/mol. The first-order chi connectivity index (χ1) is 38.2. The molecule has 10 nitrogen and oxygen atoms in total. The van der Waals surface area contributed by atoms with Gasteiger partial charge in [-0.3, -0.25) is 0 Å². The predicted molar refractivity (Wildman–Crippen MR) is 309 cm³/mol. The highest BCUT2D eigenvalue weighted by Crippen LogP contribution is 2.39. The third kappa shape index (κ3) is 12.5. The zero-order valence-corrected chi connectivity index (χ0v) is 44.1. The van der Waals surface area contributed by atoms with E-state index in [0.717, 1.165) is 89.8 Å². The molecule has 78 heavy (non-hydrogen) atoms. The maximum absolute atomic E-state index is 12.0. The molecule has 0 aliphatic rings. The van der Waals surface area contributed by atoms with Crippen LogP contribution >= 0.6 is 0 Å². The molecule has 0 radical (unpaired) electrons. The number of pyridine rings is 4. The average Bonchev–Trinajstić information content (AvgIpc) is 3.52. The van der Waals surface area contributed by atoms with Crippen LogP contribution in [0, 0.1) is 0 Å². The lowest BCUT2D eigenvalue weighted by molar-refractivity contribution is -0.913. The Bertz CT molecular complexity index is 3680. The van der Waals surface area contributed by atoms with Crippen LogP contribution in [0.2, 0.25) is 0 Å². The van der Waals surface area contributed by atoms with Crippen LogP contribution in [0.15, 0.2) is 256 Å². The zero-order chi connectivity index (χ0) is 53.8. The number of hydrogen-bond donors (Lipinski definition) is 0. The largest absolute Gasteiger partial charge is 0.466 e. The number of rotatable bonds is 17. The van der Waals surface area contributed by atoms with Gasteiger partial charge in [-0.2, -0.15) is 0 Å². The molecule has 0 amide bonds. The predicted octanol–water partition coefficient (Wildman–Crippen LogP) is 12.8. The van der Waals surface area contributed by atoms with E-state index in [-0.39, 0.29) is 5.97 Å². The number of aryl methyl sites for hydroxylation is 2. The summed E-state index contributed by atoms with van der Waals surface area (Å²) in [4.78, 5) is 28.2. The Kier molecular flexibility index (Phi) is 15.9. The van der Waals surface area contributed by atoms with Crippen molar-refractivity contribution in [2.24, 2.45) is 14.1 Å². The number of aromatic nitrogens is 4. The first kappa shape index (κ1) is 51.4. The highest BCUT2D eigenvalue weighted by Gasteiger charge is 2.17. The minimum absolute atomic E-state index is 0.338. The van der Waals surface area contributed by atoms with Gasteiger partial charge < -0.3 is 19.3 Å². The molecule has 382 valence electrons. The van der Waals surface area contributed by atoms with E-state index < -0.39 is 5.97 Å². The second-order valence-corrected chi connectivity index (χ2v) is 18.8. The lowest BCUT2D eigenvalue weighted by Crippen LogP contribution is -2.50. The highest BCUT2D eigenvalue weighted by molar-refractivity contribution is 5.88. The van der Waals surface area contributed by atoms with Crippen LogP contribution in [0.3, 0.4) is 0 Å². The maximum Gasteiger partial charge on any atom is 0.343 e. The van der Waals surface area contributed by atoms with E-state index in [2.05, 4.69) is 238 Å². The van der Waals surface area contributed by atoms with Crippen molar-refractivity contribution in [3.8, 4) is 44.5 Å². The minimum atomic E-state index is -0.393. The quantitative estimate of drug-likeness (QED) is 0.0514. The molecule has 0 atom stereocenters. The fourth-order valence-electron chi connectivity index (χ4n) is 9.23. The summed E-state index contributed by atoms with van der Waals surface area (Å²) in [6.07, 6.45) is 23.1. The smallest absolute Gasteiger partial charge is 0.343 e. The minimum Gasteiger partial charge on any atom is -0.466 e. The molecule has 4 heterocycles. The van der Waals surface area contributed by atoms with E-state index >= 15 is 0 Å². The Morgan fingerprint density at radius 1 is 0.372 bits per heavy atom. The molecule has 0 unspecified atom stereocenters. The van der Waals surface area contributed by atoms with Crippen molar-refractivity contribution in [2.45, 2.75) is 13.6 Å². The van der Waals surface area contributed by atoms with Gasteiger partial charge >= 0.3 is 18.6 Å². The Hall–Kier alpha value is -10.1. The van der Waals surface area contributed by atoms with Crippen molar-refractivity contribution in [3.63, 3.8) is 0 Å². The van der Waals surface area contributed by atoms with E-state index in [1.54, 1.807) is 19.1 Å². The summed E-state index contributed by atoms with van der Waals surface area (Å²) in [6, 6.07) is 68.0. The molecular weight excluding hydrogens is 965 g/mol. The molecule has 10 heteroatoms. The van der Waals surface area contributed by atoms with Gasteiger partial charge in [0, 0.05) is 94.8 Å². The van der Waals surface area contributed by atoms with E-state index in [1.807, 2.05) is 47.5 Å².